The number of carbonyl (C=O) groups excluding carboxylic acids is 2. The fourth-order valence-electron chi connectivity index (χ4n) is 3.88. The van der Waals surface area contributed by atoms with E-state index in [4.69, 9.17) is 0 Å². The molecule has 1 spiro atoms. The Morgan fingerprint density at radius 3 is 2.63 bits per heavy atom. The maximum absolute atomic E-state index is 13.1. The molecule has 27 heavy (non-hydrogen) atoms. The highest BCUT2D eigenvalue weighted by atomic mass is 19.1. The van der Waals surface area contributed by atoms with Crippen LogP contribution >= 0.6 is 0 Å². The van der Waals surface area contributed by atoms with Gasteiger partial charge in [-0.3, -0.25) is 9.89 Å². The second kappa shape index (κ2) is 7.02. The molecule has 0 saturated carbocycles. The van der Waals surface area contributed by atoms with Gasteiger partial charge < -0.3 is 15.5 Å². The lowest BCUT2D eigenvalue weighted by Gasteiger charge is -2.39. The number of aromatic amines is 1. The van der Waals surface area contributed by atoms with Gasteiger partial charge in [0.25, 0.3) is 0 Å². The fourth-order valence-corrected chi connectivity index (χ4v) is 3.88. The van der Waals surface area contributed by atoms with Crippen LogP contribution in [0.15, 0.2) is 30.5 Å². The minimum atomic E-state index is -0.297. The van der Waals surface area contributed by atoms with Crippen molar-refractivity contribution in [2.24, 2.45) is 0 Å². The normalized spacial score (nSPS) is 18.6. The van der Waals surface area contributed by atoms with Crippen molar-refractivity contribution in [3.8, 4) is 11.3 Å². The summed E-state index contributed by atoms with van der Waals surface area (Å²) in [5.41, 5.74) is 2.30. The van der Waals surface area contributed by atoms with Gasteiger partial charge in [0.15, 0.2) is 0 Å². The Morgan fingerprint density at radius 1 is 1.22 bits per heavy atom. The fraction of sp³-hybridized carbons (Fsp3) is 0.421. The SMILES string of the molecule is O=C1CCC2(CCN(C(=O)NCc3cn[nH]c3-c3ccc(F)cc3)CC2)N1. The summed E-state index contributed by atoms with van der Waals surface area (Å²) < 4.78 is 13.1. The summed E-state index contributed by atoms with van der Waals surface area (Å²) in [5, 5.41) is 13.0. The molecule has 1 aromatic carbocycles. The third-order valence-corrected chi connectivity index (χ3v) is 5.52. The van der Waals surface area contributed by atoms with Gasteiger partial charge in [0.1, 0.15) is 5.82 Å². The number of aromatic nitrogens is 2. The third-order valence-electron chi connectivity index (χ3n) is 5.52. The average Bonchev–Trinajstić information content (AvgIpc) is 3.28. The number of nitrogens with one attached hydrogen (secondary N) is 3. The predicted molar refractivity (Wildman–Crippen MR) is 97.1 cm³/mol. The standard InChI is InChI=1S/C19H22FN5O2/c20-15-3-1-13(2-4-15)17-14(12-22-24-17)11-21-18(27)25-9-7-19(8-10-25)6-5-16(26)23-19/h1-4,12H,5-11H2,(H,21,27)(H,22,24)(H,23,26). The molecule has 0 unspecified atom stereocenters. The van der Waals surface area contributed by atoms with E-state index in [0.29, 0.717) is 26.1 Å². The van der Waals surface area contributed by atoms with Crippen molar-refractivity contribution in [2.45, 2.75) is 37.8 Å². The number of halogens is 1. The number of urea groups is 1. The molecule has 0 aliphatic carbocycles. The molecular weight excluding hydrogens is 349 g/mol. The van der Waals surface area contributed by atoms with E-state index in [-0.39, 0.29) is 23.3 Å². The molecule has 3 N–H and O–H groups in total. The minimum absolute atomic E-state index is 0.112. The largest absolute Gasteiger partial charge is 0.351 e. The van der Waals surface area contributed by atoms with Crippen LogP contribution < -0.4 is 10.6 Å². The van der Waals surface area contributed by atoms with Gasteiger partial charge in [-0.25, -0.2) is 9.18 Å². The highest BCUT2D eigenvalue weighted by Gasteiger charge is 2.40. The molecule has 3 heterocycles. The van der Waals surface area contributed by atoms with Crippen LogP contribution in [-0.4, -0.2) is 45.7 Å². The maximum atomic E-state index is 13.1. The second-order valence-electron chi connectivity index (χ2n) is 7.25. The number of likely N-dealkylation sites (tertiary alicyclic amines) is 1. The molecule has 0 radical (unpaired) electrons. The molecule has 0 atom stereocenters. The topological polar surface area (TPSA) is 90.1 Å². The van der Waals surface area contributed by atoms with E-state index in [9.17, 15) is 14.0 Å². The number of carbonyl (C=O) groups is 2. The Kier molecular flexibility index (Phi) is 4.55. The highest BCUT2D eigenvalue weighted by molar-refractivity contribution is 5.79. The Hall–Kier alpha value is -2.90. The Morgan fingerprint density at radius 2 is 1.96 bits per heavy atom. The molecule has 2 aliphatic heterocycles. The van der Waals surface area contributed by atoms with Crippen LogP contribution in [0.5, 0.6) is 0 Å². The number of hydrogen-bond donors (Lipinski definition) is 3. The summed E-state index contributed by atoms with van der Waals surface area (Å²) in [7, 11) is 0. The number of hydrogen-bond acceptors (Lipinski definition) is 3. The van der Waals surface area contributed by atoms with Crippen molar-refractivity contribution < 1.29 is 14.0 Å². The first-order valence-electron chi connectivity index (χ1n) is 9.17. The zero-order chi connectivity index (χ0) is 18.9. The summed E-state index contributed by atoms with van der Waals surface area (Å²) in [4.78, 5) is 25.8. The van der Waals surface area contributed by atoms with Crippen molar-refractivity contribution in [3.63, 3.8) is 0 Å². The van der Waals surface area contributed by atoms with Gasteiger partial charge in [-0.05, 0) is 43.5 Å². The van der Waals surface area contributed by atoms with Gasteiger partial charge in [-0.15, -0.1) is 0 Å². The van der Waals surface area contributed by atoms with Crippen molar-refractivity contribution in [2.75, 3.05) is 13.1 Å². The van der Waals surface area contributed by atoms with E-state index >= 15 is 0 Å². The molecule has 2 aliphatic rings. The molecule has 142 valence electrons. The van der Waals surface area contributed by atoms with E-state index in [2.05, 4.69) is 20.8 Å². The lowest BCUT2D eigenvalue weighted by Crippen LogP contribution is -2.53. The minimum Gasteiger partial charge on any atom is -0.351 e. The number of piperidine rings is 1. The molecule has 7 nitrogen and oxygen atoms in total. The first-order chi connectivity index (χ1) is 13.0. The zero-order valence-electron chi connectivity index (χ0n) is 14.9. The average molecular weight is 371 g/mol. The monoisotopic (exact) mass is 371 g/mol. The predicted octanol–water partition coefficient (Wildman–Crippen LogP) is 2.17. The van der Waals surface area contributed by atoms with Crippen LogP contribution in [0.25, 0.3) is 11.3 Å². The number of H-pyrrole nitrogens is 1. The molecule has 2 fully saturated rings. The smallest absolute Gasteiger partial charge is 0.317 e. The van der Waals surface area contributed by atoms with Gasteiger partial charge in [-0.1, -0.05) is 0 Å². The molecule has 2 saturated heterocycles. The Labute approximate surface area is 156 Å². The first kappa shape index (κ1) is 17.5. The summed E-state index contributed by atoms with van der Waals surface area (Å²) >= 11 is 0. The van der Waals surface area contributed by atoms with E-state index in [1.165, 1.54) is 12.1 Å². The van der Waals surface area contributed by atoms with Crippen LogP contribution in [-0.2, 0) is 11.3 Å². The lowest BCUT2D eigenvalue weighted by atomic mass is 9.86. The number of amides is 3. The van der Waals surface area contributed by atoms with E-state index < -0.39 is 0 Å². The van der Waals surface area contributed by atoms with E-state index in [1.54, 1.807) is 23.2 Å². The number of nitrogens with zero attached hydrogens (tertiary/aromatic N) is 2. The van der Waals surface area contributed by atoms with Crippen LogP contribution in [0.2, 0.25) is 0 Å². The van der Waals surface area contributed by atoms with E-state index in [1.807, 2.05) is 0 Å². The molecule has 1 aromatic heterocycles. The maximum Gasteiger partial charge on any atom is 0.317 e. The molecular formula is C19H22FN5O2. The molecule has 3 amide bonds. The van der Waals surface area contributed by atoms with Crippen molar-refractivity contribution >= 4 is 11.9 Å². The van der Waals surface area contributed by atoms with Crippen LogP contribution in [0.1, 0.15) is 31.2 Å². The Bertz CT molecular complexity index is 840. The van der Waals surface area contributed by atoms with Crippen LogP contribution in [0.4, 0.5) is 9.18 Å². The highest BCUT2D eigenvalue weighted by Crippen LogP contribution is 2.31. The van der Waals surface area contributed by atoms with Gasteiger partial charge in [0, 0.05) is 42.7 Å². The molecule has 2 aromatic rings. The number of rotatable bonds is 3. The quantitative estimate of drug-likeness (QED) is 0.772. The number of benzene rings is 1. The van der Waals surface area contributed by atoms with Gasteiger partial charge in [0.2, 0.25) is 5.91 Å². The summed E-state index contributed by atoms with van der Waals surface area (Å²) in [6.45, 7) is 1.59. The molecule has 4 rings (SSSR count). The van der Waals surface area contributed by atoms with Gasteiger partial charge >= 0.3 is 6.03 Å². The van der Waals surface area contributed by atoms with E-state index in [0.717, 1.165) is 36.1 Å². The van der Waals surface area contributed by atoms with Gasteiger partial charge in [0.05, 0.1) is 11.9 Å². The van der Waals surface area contributed by atoms with Crippen LogP contribution in [0, 0.1) is 5.82 Å². The lowest BCUT2D eigenvalue weighted by molar-refractivity contribution is -0.120. The van der Waals surface area contributed by atoms with Crippen molar-refractivity contribution in [1.82, 2.24) is 25.7 Å². The van der Waals surface area contributed by atoms with Gasteiger partial charge in [-0.2, -0.15) is 5.10 Å². The summed E-state index contributed by atoms with van der Waals surface area (Å²) in [6.07, 6.45) is 4.69. The second-order valence-corrected chi connectivity index (χ2v) is 7.25. The first-order valence-corrected chi connectivity index (χ1v) is 9.17. The third kappa shape index (κ3) is 3.65. The zero-order valence-corrected chi connectivity index (χ0v) is 14.9. The molecule has 8 heteroatoms. The van der Waals surface area contributed by atoms with Crippen molar-refractivity contribution in [3.05, 3.63) is 41.8 Å². The summed E-state index contributed by atoms with van der Waals surface area (Å²) in [6, 6.07) is 6.01. The van der Waals surface area contributed by atoms with Crippen molar-refractivity contribution in [1.29, 1.82) is 0 Å². The van der Waals surface area contributed by atoms with Crippen LogP contribution in [0.3, 0.4) is 0 Å². The Balaban J connectivity index is 1.33. The summed E-state index contributed by atoms with van der Waals surface area (Å²) in [5.74, 6) is -0.185. The molecule has 0 bridgehead atoms.